The van der Waals surface area contributed by atoms with Crippen molar-refractivity contribution >= 4 is 21.4 Å². The molecule has 0 saturated heterocycles. The molecule has 0 fully saturated rings. The molecule has 1 rings (SSSR count). The van der Waals surface area contributed by atoms with Crippen LogP contribution in [0.5, 0.6) is 0 Å². The van der Waals surface area contributed by atoms with Crippen molar-refractivity contribution in [2.45, 2.75) is 6.92 Å². The Hall–Kier alpha value is -1.56. The van der Waals surface area contributed by atoms with Gasteiger partial charge in [-0.05, 0) is 19.1 Å². The van der Waals surface area contributed by atoms with Crippen molar-refractivity contribution in [2.75, 3.05) is 10.5 Å². The van der Waals surface area contributed by atoms with Crippen LogP contribution in [0.15, 0.2) is 29.7 Å². The quantitative estimate of drug-likeness (QED) is 0.776. The summed E-state index contributed by atoms with van der Waals surface area (Å²) in [6.07, 6.45) is 1.36. The molecule has 0 aromatic heterocycles. The lowest BCUT2D eigenvalue weighted by molar-refractivity contribution is 0.609. The highest BCUT2D eigenvalue weighted by Gasteiger charge is 2.08. The van der Waals surface area contributed by atoms with Crippen LogP contribution in [-0.2, 0) is 10.0 Å². The maximum Gasteiger partial charge on any atom is 0.254 e. The Labute approximate surface area is 87.7 Å². The minimum Gasteiger partial charge on any atom is -0.397 e. The van der Waals surface area contributed by atoms with Crippen LogP contribution in [0.2, 0.25) is 0 Å². The van der Waals surface area contributed by atoms with Crippen LogP contribution >= 0.6 is 0 Å². The van der Waals surface area contributed by atoms with Crippen molar-refractivity contribution in [1.82, 2.24) is 0 Å². The second kappa shape index (κ2) is 4.31. The van der Waals surface area contributed by atoms with Gasteiger partial charge in [-0.15, -0.1) is 0 Å². The minimum absolute atomic E-state index is 0.0353. The van der Waals surface area contributed by atoms with Gasteiger partial charge >= 0.3 is 0 Å². The molecule has 1 aromatic rings. The number of sulfonamides is 1. The van der Waals surface area contributed by atoms with E-state index in [1.165, 1.54) is 12.1 Å². The summed E-state index contributed by atoms with van der Waals surface area (Å²) in [6, 6.07) is 3.47. The third-order valence-electron chi connectivity index (χ3n) is 1.58. The molecule has 0 aliphatic heterocycles. The SMILES string of the molecule is CC=CS(=O)(=O)Nc1cc(F)ccc1N. The van der Waals surface area contributed by atoms with Gasteiger partial charge in [-0.1, -0.05) is 6.08 Å². The predicted molar refractivity (Wildman–Crippen MR) is 58.2 cm³/mol. The Bertz CT molecular complexity index is 483. The van der Waals surface area contributed by atoms with E-state index in [4.69, 9.17) is 5.73 Å². The van der Waals surface area contributed by atoms with E-state index in [-0.39, 0.29) is 11.4 Å². The van der Waals surface area contributed by atoms with Gasteiger partial charge in [0.25, 0.3) is 10.0 Å². The average Bonchev–Trinajstić information content (AvgIpc) is 2.10. The molecule has 0 amide bonds. The first-order valence-electron chi connectivity index (χ1n) is 4.15. The molecule has 0 aliphatic rings. The summed E-state index contributed by atoms with van der Waals surface area (Å²) in [5, 5.41) is 0.970. The Morgan fingerprint density at radius 2 is 2.13 bits per heavy atom. The van der Waals surface area contributed by atoms with Gasteiger partial charge in [0, 0.05) is 11.5 Å². The van der Waals surface area contributed by atoms with Crippen molar-refractivity contribution in [2.24, 2.45) is 0 Å². The van der Waals surface area contributed by atoms with E-state index in [0.717, 1.165) is 17.5 Å². The van der Waals surface area contributed by atoms with Crippen LogP contribution in [-0.4, -0.2) is 8.42 Å². The standard InChI is InChI=1S/C9H11FN2O2S/c1-2-5-15(13,14)12-9-6-7(10)3-4-8(9)11/h2-6,12H,11H2,1H3. The van der Waals surface area contributed by atoms with Crippen molar-refractivity contribution < 1.29 is 12.8 Å². The normalized spacial score (nSPS) is 11.9. The second-order valence-corrected chi connectivity index (χ2v) is 4.41. The van der Waals surface area contributed by atoms with Gasteiger partial charge in [0.2, 0.25) is 0 Å². The Balaban J connectivity index is 3.04. The maximum absolute atomic E-state index is 12.8. The van der Waals surface area contributed by atoms with Crippen molar-refractivity contribution in [3.63, 3.8) is 0 Å². The summed E-state index contributed by atoms with van der Waals surface area (Å²) in [6.45, 7) is 1.56. The number of nitrogens with one attached hydrogen (secondary N) is 1. The first-order valence-corrected chi connectivity index (χ1v) is 5.70. The minimum atomic E-state index is -3.60. The summed E-state index contributed by atoms with van der Waals surface area (Å²) in [7, 11) is -3.60. The number of hydrogen-bond acceptors (Lipinski definition) is 3. The average molecular weight is 230 g/mol. The van der Waals surface area contributed by atoms with E-state index < -0.39 is 15.8 Å². The highest BCUT2D eigenvalue weighted by Crippen LogP contribution is 2.20. The van der Waals surface area contributed by atoms with E-state index in [1.54, 1.807) is 6.92 Å². The molecule has 82 valence electrons. The number of nitrogen functional groups attached to an aromatic ring is 1. The molecular weight excluding hydrogens is 219 g/mol. The van der Waals surface area contributed by atoms with Crippen LogP contribution in [0.3, 0.4) is 0 Å². The summed E-state index contributed by atoms with van der Waals surface area (Å²) >= 11 is 0. The number of rotatable bonds is 3. The summed E-state index contributed by atoms with van der Waals surface area (Å²) in [5.74, 6) is -0.553. The number of allylic oxidation sites excluding steroid dienone is 1. The summed E-state index contributed by atoms with van der Waals surface area (Å²) < 4.78 is 37.5. The van der Waals surface area contributed by atoms with Crippen molar-refractivity contribution in [3.8, 4) is 0 Å². The zero-order valence-corrected chi connectivity index (χ0v) is 8.88. The molecule has 1 aromatic carbocycles. The molecular formula is C9H11FN2O2S. The molecule has 0 radical (unpaired) electrons. The Kier molecular flexibility index (Phi) is 3.31. The third kappa shape index (κ3) is 3.25. The van der Waals surface area contributed by atoms with E-state index in [1.807, 2.05) is 0 Å². The van der Waals surface area contributed by atoms with Gasteiger partial charge in [-0.25, -0.2) is 12.8 Å². The second-order valence-electron chi connectivity index (χ2n) is 2.85. The third-order valence-corrected chi connectivity index (χ3v) is 2.72. The molecule has 0 heterocycles. The molecule has 0 unspecified atom stereocenters. The van der Waals surface area contributed by atoms with E-state index in [0.29, 0.717) is 0 Å². The molecule has 4 nitrogen and oxygen atoms in total. The van der Waals surface area contributed by atoms with Gasteiger partial charge in [0.15, 0.2) is 0 Å². The largest absolute Gasteiger partial charge is 0.397 e. The molecule has 0 spiro atoms. The summed E-state index contributed by atoms with van der Waals surface area (Å²) in [4.78, 5) is 0. The van der Waals surface area contributed by atoms with E-state index in [2.05, 4.69) is 4.72 Å². The van der Waals surface area contributed by atoms with Gasteiger partial charge in [-0.2, -0.15) is 0 Å². The monoisotopic (exact) mass is 230 g/mol. The van der Waals surface area contributed by atoms with Crippen LogP contribution in [0.4, 0.5) is 15.8 Å². The number of benzene rings is 1. The van der Waals surface area contributed by atoms with Crippen LogP contribution in [0.1, 0.15) is 6.92 Å². The number of hydrogen-bond donors (Lipinski definition) is 2. The van der Waals surface area contributed by atoms with Crippen LogP contribution in [0, 0.1) is 5.82 Å². The molecule has 6 heteroatoms. The fourth-order valence-electron chi connectivity index (χ4n) is 0.983. The fourth-order valence-corrected chi connectivity index (χ4v) is 1.89. The Morgan fingerprint density at radius 1 is 1.47 bits per heavy atom. The van der Waals surface area contributed by atoms with Gasteiger partial charge in [0.05, 0.1) is 11.4 Å². The lowest BCUT2D eigenvalue weighted by atomic mass is 10.3. The molecule has 0 bridgehead atoms. The molecule has 15 heavy (non-hydrogen) atoms. The number of nitrogens with two attached hydrogens (primary N) is 1. The lowest BCUT2D eigenvalue weighted by Crippen LogP contribution is -2.10. The fraction of sp³-hybridized carbons (Fsp3) is 0.111. The topological polar surface area (TPSA) is 72.2 Å². The molecule has 0 atom stereocenters. The van der Waals surface area contributed by atoms with Gasteiger partial charge < -0.3 is 5.73 Å². The molecule has 3 N–H and O–H groups in total. The Morgan fingerprint density at radius 3 is 2.73 bits per heavy atom. The maximum atomic E-state index is 12.8. The van der Waals surface area contributed by atoms with Gasteiger partial charge in [-0.3, -0.25) is 4.72 Å². The summed E-state index contributed by atoms with van der Waals surface area (Å²) in [5.41, 5.74) is 5.68. The zero-order valence-electron chi connectivity index (χ0n) is 8.07. The lowest BCUT2D eigenvalue weighted by Gasteiger charge is -2.07. The highest BCUT2D eigenvalue weighted by molar-refractivity contribution is 7.95. The molecule has 0 saturated carbocycles. The van der Waals surface area contributed by atoms with E-state index >= 15 is 0 Å². The number of anilines is 2. The first-order chi connectivity index (χ1) is 6.94. The predicted octanol–water partition coefficient (Wildman–Crippen LogP) is 1.68. The van der Waals surface area contributed by atoms with Crippen molar-refractivity contribution in [3.05, 3.63) is 35.5 Å². The van der Waals surface area contributed by atoms with Crippen LogP contribution < -0.4 is 10.5 Å². The van der Waals surface area contributed by atoms with Gasteiger partial charge in [0.1, 0.15) is 5.82 Å². The van der Waals surface area contributed by atoms with E-state index in [9.17, 15) is 12.8 Å². The smallest absolute Gasteiger partial charge is 0.254 e. The highest BCUT2D eigenvalue weighted by atomic mass is 32.2. The first kappa shape index (κ1) is 11.5. The zero-order chi connectivity index (χ0) is 11.5. The molecule has 0 aliphatic carbocycles. The number of halogens is 1. The van der Waals surface area contributed by atoms with Crippen LogP contribution in [0.25, 0.3) is 0 Å². The van der Waals surface area contributed by atoms with Crippen molar-refractivity contribution in [1.29, 1.82) is 0 Å².